The van der Waals surface area contributed by atoms with Gasteiger partial charge in [0.1, 0.15) is 11.5 Å². The zero-order valence-electron chi connectivity index (χ0n) is 15.6. The molecule has 0 radical (unpaired) electrons. The van der Waals surface area contributed by atoms with Crippen molar-refractivity contribution in [1.29, 1.82) is 0 Å². The minimum absolute atomic E-state index is 0.0485. The maximum absolute atomic E-state index is 14.1. The minimum Gasteiger partial charge on any atom is -0.479 e. The third-order valence-electron chi connectivity index (χ3n) is 4.29. The largest absolute Gasteiger partial charge is 0.479 e. The van der Waals surface area contributed by atoms with Gasteiger partial charge in [0.2, 0.25) is 5.88 Å². The van der Waals surface area contributed by atoms with Crippen molar-refractivity contribution in [3.05, 3.63) is 23.9 Å². The number of hydrogen-bond acceptors (Lipinski definition) is 7. The lowest BCUT2D eigenvalue weighted by atomic mass is 10.1. The first-order valence-corrected chi connectivity index (χ1v) is 9.99. The van der Waals surface area contributed by atoms with Crippen LogP contribution in [-0.2, 0) is 27.7 Å². The fourth-order valence-corrected chi connectivity index (χ4v) is 4.14. The van der Waals surface area contributed by atoms with Crippen LogP contribution in [0.5, 0.6) is 11.8 Å². The smallest absolute Gasteiger partial charge is 0.279 e. The molecule has 0 aliphatic carbocycles. The van der Waals surface area contributed by atoms with E-state index in [0.29, 0.717) is 25.2 Å². The average molecular weight is 436 g/mol. The molecule has 2 aromatic heterocycles. The summed E-state index contributed by atoms with van der Waals surface area (Å²) >= 11 is 0. The summed E-state index contributed by atoms with van der Waals surface area (Å²) in [7, 11) is -1.42. The van der Waals surface area contributed by atoms with Gasteiger partial charge in [-0.05, 0) is 6.42 Å². The molecule has 3 heterocycles. The van der Waals surface area contributed by atoms with Crippen LogP contribution in [0.4, 0.5) is 18.9 Å². The molecule has 0 amide bonds. The van der Waals surface area contributed by atoms with Crippen LogP contribution in [0, 0.1) is 5.82 Å². The van der Waals surface area contributed by atoms with E-state index in [1.54, 1.807) is 7.11 Å². The molecule has 0 fully saturated rings. The number of ether oxygens (including phenoxy) is 3. The maximum Gasteiger partial charge on any atom is 0.279 e. The fourth-order valence-electron chi connectivity index (χ4n) is 2.92. The minimum atomic E-state index is -4.16. The summed E-state index contributed by atoms with van der Waals surface area (Å²) in [5.41, 5.74) is -0.310. The molecular weight excluding hydrogens is 417 g/mol. The molecule has 9 nitrogen and oxygen atoms in total. The van der Waals surface area contributed by atoms with Crippen molar-refractivity contribution in [2.45, 2.75) is 36.9 Å². The van der Waals surface area contributed by atoms with Crippen LogP contribution >= 0.6 is 0 Å². The number of pyridine rings is 1. The number of fused-ring (bicyclic) bond motifs is 1. The number of sulfonamides is 1. The number of nitrogens with one attached hydrogen (secondary N) is 1. The third-order valence-corrected chi connectivity index (χ3v) is 5.65. The summed E-state index contributed by atoms with van der Waals surface area (Å²) in [6.07, 6.45) is -0.607. The van der Waals surface area contributed by atoms with Gasteiger partial charge in [-0.1, -0.05) is 0 Å². The standard InChI is InChI=1S/C16H19F3N4O5S/c1-26-9-3-4-23-13(5-9)20-7-14(23)29(24,25)22-11-6-10(17)15(21-16(11)27-2)28-8-12(18)19/h6-7,9,12,22H,3-5,8H2,1-2H3. The molecule has 0 aromatic carbocycles. The fraction of sp³-hybridized carbons (Fsp3) is 0.500. The Bertz CT molecular complexity index is 983. The summed E-state index contributed by atoms with van der Waals surface area (Å²) in [6.45, 7) is -0.684. The van der Waals surface area contributed by atoms with Gasteiger partial charge < -0.3 is 18.8 Å². The summed E-state index contributed by atoms with van der Waals surface area (Å²) < 4.78 is 82.8. The second kappa shape index (κ2) is 8.45. The lowest BCUT2D eigenvalue weighted by Gasteiger charge is -2.23. The van der Waals surface area contributed by atoms with Gasteiger partial charge >= 0.3 is 0 Å². The molecule has 0 bridgehead atoms. The number of imidazole rings is 1. The molecule has 0 saturated carbocycles. The van der Waals surface area contributed by atoms with Crippen molar-refractivity contribution in [3.63, 3.8) is 0 Å². The monoisotopic (exact) mass is 436 g/mol. The van der Waals surface area contributed by atoms with Crippen LogP contribution in [0.1, 0.15) is 12.2 Å². The quantitative estimate of drug-likeness (QED) is 0.673. The molecule has 29 heavy (non-hydrogen) atoms. The number of alkyl halides is 2. The molecule has 1 N–H and O–H groups in total. The summed E-state index contributed by atoms with van der Waals surface area (Å²) in [6, 6.07) is 0.749. The van der Waals surface area contributed by atoms with Crippen molar-refractivity contribution in [1.82, 2.24) is 14.5 Å². The Morgan fingerprint density at radius 1 is 1.34 bits per heavy atom. The normalized spacial score (nSPS) is 16.6. The molecule has 2 aromatic rings. The van der Waals surface area contributed by atoms with Crippen LogP contribution in [0.2, 0.25) is 0 Å². The van der Waals surface area contributed by atoms with Gasteiger partial charge in [-0.25, -0.2) is 18.2 Å². The molecule has 1 unspecified atom stereocenters. The number of anilines is 1. The Hall–Kier alpha value is -2.54. The van der Waals surface area contributed by atoms with Crippen molar-refractivity contribution in [2.24, 2.45) is 0 Å². The number of aromatic nitrogens is 3. The Morgan fingerprint density at radius 3 is 2.76 bits per heavy atom. The highest BCUT2D eigenvalue weighted by molar-refractivity contribution is 7.92. The van der Waals surface area contributed by atoms with Gasteiger partial charge in [0.05, 0.1) is 19.4 Å². The Balaban J connectivity index is 1.87. The van der Waals surface area contributed by atoms with E-state index in [2.05, 4.69) is 19.4 Å². The number of methoxy groups -OCH3 is 2. The molecule has 1 aliphatic rings. The van der Waals surface area contributed by atoms with Gasteiger partial charge in [-0.15, -0.1) is 0 Å². The maximum atomic E-state index is 14.1. The lowest BCUT2D eigenvalue weighted by Crippen LogP contribution is -2.28. The summed E-state index contributed by atoms with van der Waals surface area (Å²) in [5, 5.41) is -0.109. The van der Waals surface area contributed by atoms with E-state index < -0.39 is 34.8 Å². The van der Waals surface area contributed by atoms with E-state index in [9.17, 15) is 21.6 Å². The van der Waals surface area contributed by atoms with Gasteiger partial charge in [0.15, 0.2) is 17.5 Å². The molecule has 1 atom stereocenters. The van der Waals surface area contributed by atoms with E-state index in [-0.39, 0.29) is 22.7 Å². The van der Waals surface area contributed by atoms with E-state index in [0.717, 1.165) is 6.07 Å². The van der Waals surface area contributed by atoms with Crippen molar-refractivity contribution in [2.75, 3.05) is 25.5 Å². The van der Waals surface area contributed by atoms with Gasteiger partial charge in [-0.2, -0.15) is 13.4 Å². The predicted molar refractivity (Wildman–Crippen MR) is 94.4 cm³/mol. The van der Waals surface area contributed by atoms with Crippen LogP contribution in [0.25, 0.3) is 0 Å². The predicted octanol–water partition coefficient (Wildman–Crippen LogP) is 1.83. The highest BCUT2D eigenvalue weighted by atomic mass is 32.2. The average Bonchev–Trinajstić information content (AvgIpc) is 3.11. The zero-order chi connectivity index (χ0) is 21.2. The third kappa shape index (κ3) is 4.56. The molecule has 160 valence electrons. The van der Waals surface area contributed by atoms with Crippen molar-refractivity contribution < 1.29 is 35.8 Å². The van der Waals surface area contributed by atoms with E-state index in [4.69, 9.17) is 9.47 Å². The Kier molecular flexibility index (Phi) is 6.17. The second-order valence-corrected chi connectivity index (χ2v) is 7.78. The SMILES string of the molecule is COc1nc(OCC(F)F)c(F)cc1NS(=O)(=O)c1cnc2n1CCC(OC)C2. The second-order valence-electron chi connectivity index (χ2n) is 6.15. The van der Waals surface area contributed by atoms with E-state index >= 15 is 0 Å². The lowest BCUT2D eigenvalue weighted by molar-refractivity contribution is 0.0770. The van der Waals surface area contributed by atoms with Crippen LogP contribution in [-0.4, -0.2) is 56.3 Å². The summed E-state index contributed by atoms with van der Waals surface area (Å²) in [4.78, 5) is 7.75. The van der Waals surface area contributed by atoms with Gasteiger partial charge in [0.25, 0.3) is 22.3 Å². The highest BCUT2D eigenvalue weighted by Gasteiger charge is 2.29. The Morgan fingerprint density at radius 2 is 2.10 bits per heavy atom. The molecule has 3 rings (SSSR count). The van der Waals surface area contributed by atoms with E-state index in [1.807, 2.05) is 0 Å². The van der Waals surface area contributed by atoms with Crippen LogP contribution in [0.15, 0.2) is 17.3 Å². The van der Waals surface area contributed by atoms with Crippen LogP contribution < -0.4 is 14.2 Å². The number of hydrogen-bond donors (Lipinski definition) is 1. The number of halogens is 3. The van der Waals surface area contributed by atoms with E-state index in [1.165, 1.54) is 17.9 Å². The molecule has 0 saturated heterocycles. The molecule has 1 aliphatic heterocycles. The first-order valence-electron chi connectivity index (χ1n) is 8.50. The van der Waals surface area contributed by atoms with Crippen molar-refractivity contribution >= 4 is 15.7 Å². The number of rotatable bonds is 8. The first kappa shape index (κ1) is 21.2. The molecular formula is C16H19F3N4O5S. The molecule has 0 spiro atoms. The number of nitrogens with zero attached hydrogens (tertiary/aromatic N) is 3. The van der Waals surface area contributed by atoms with Crippen molar-refractivity contribution in [3.8, 4) is 11.8 Å². The Labute approximate surface area is 164 Å². The topological polar surface area (TPSA) is 105 Å². The highest BCUT2D eigenvalue weighted by Crippen LogP contribution is 2.31. The van der Waals surface area contributed by atoms with Crippen LogP contribution in [0.3, 0.4) is 0 Å². The van der Waals surface area contributed by atoms with Gasteiger partial charge in [0, 0.05) is 26.1 Å². The molecule has 13 heteroatoms. The summed E-state index contributed by atoms with van der Waals surface area (Å²) in [5.74, 6) is -1.63. The van der Waals surface area contributed by atoms with Gasteiger partial charge in [-0.3, -0.25) is 4.72 Å². The zero-order valence-corrected chi connectivity index (χ0v) is 16.4. The first-order chi connectivity index (χ1) is 13.7.